The number of ether oxygens (including phenoxy) is 1. The lowest BCUT2D eigenvalue weighted by Gasteiger charge is -2.34. The molecule has 1 aliphatic heterocycles. The molecule has 1 amide bonds. The van der Waals surface area contributed by atoms with Crippen molar-refractivity contribution < 1.29 is 19.4 Å². The van der Waals surface area contributed by atoms with Crippen LogP contribution in [0.4, 0.5) is 0 Å². The highest BCUT2D eigenvalue weighted by Crippen LogP contribution is 2.15. The molecule has 0 bridgehead atoms. The first kappa shape index (κ1) is 14.9. The fourth-order valence-electron chi connectivity index (χ4n) is 2.20. The van der Waals surface area contributed by atoms with Gasteiger partial charge in [0.05, 0.1) is 42.8 Å². The molecule has 0 spiro atoms. The van der Waals surface area contributed by atoms with Crippen LogP contribution in [0.1, 0.15) is 24.0 Å². The second-order valence-electron chi connectivity index (χ2n) is 4.68. The van der Waals surface area contributed by atoms with Crippen molar-refractivity contribution in [2.45, 2.75) is 32.2 Å². The second-order valence-corrected chi connectivity index (χ2v) is 5.62. The van der Waals surface area contributed by atoms with Crippen LogP contribution in [-0.4, -0.2) is 52.7 Å². The third-order valence-electron chi connectivity index (χ3n) is 3.19. The predicted octanol–water partition coefficient (Wildman–Crippen LogP) is 0.950. The molecule has 1 aromatic rings. The Kier molecular flexibility index (Phi) is 5.08. The molecule has 1 atom stereocenters. The number of amides is 1. The van der Waals surface area contributed by atoms with Crippen LogP contribution in [-0.2, 0) is 27.2 Å². The molecule has 2 rings (SSSR count). The summed E-state index contributed by atoms with van der Waals surface area (Å²) in [5.41, 5.74) is 0.761. The molecule has 0 aromatic carbocycles. The molecule has 110 valence electrons. The normalized spacial score (nSPS) is 19.1. The molecule has 7 heteroatoms. The number of carbonyl (C=O) groups is 2. The van der Waals surface area contributed by atoms with Crippen LogP contribution in [0.15, 0.2) is 5.38 Å². The Bertz CT molecular complexity index is 488. The molecule has 1 saturated heterocycles. The van der Waals surface area contributed by atoms with Crippen LogP contribution < -0.4 is 0 Å². The smallest absolute Gasteiger partial charge is 0.305 e. The van der Waals surface area contributed by atoms with Gasteiger partial charge in [0.1, 0.15) is 0 Å². The van der Waals surface area contributed by atoms with E-state index < -0.39 is 5.97 Å². The number of aryl methyl sites for hydroxylation is 1. The first-order valence-corrected chi connectivity index (χ1v) is 7.50. The monoisotopic (exact) mass is 298 g/mol. The molecule has 6 nitrogen and oxygen atoms in total. The lowest BCUT2D eigenvalue weighted by atomic mass is 10.1. The zero-order chi connectivity index (χ0) is 14.5. The van der Waals surface area contributed by atoms with Crippen LogP contribution in [0.5, 0.6) is 0 Å². The van der Waals surface area contributed by atoms with Crippen molar-refractivity contribution in [2.75, 3.05) is 19.8 Å². The summed E-state index contributed by atoms with van der Waals surface area (Å²) in [6.45, 7) is 3.21. The van der Waals surface area contributed by atoms with E-state index in [0.717, 1.165) is 17.1 Å². The van der Waals surface area contributed by atoms with Gasteiger partial charge in [-0.15, -0.1) is 11.3 Å². The van der Waals surface area contributed by atoms with E-state index in [9.17, 15) is 9.59 Å². The predicted molar refractivity (Wildman–Crippen MR) is 73.8 cm³/mol. The largest absolute Gasteiger partial charge is 0.481 e. The molecule has 0 aliphatic carbocycles. The molecule has 0 saturated carbocycles. The maximum Gasteiger partial charge on any atom is 0.305 e. The molecule has 20 heavy (non-hydrogen) atoms. The maximum absolute atomic E-state index is 12.3. The van der Waals surface area contributed by atoms with E-state index >= 15 is 0 Å². The molecule has 1 unspecified atom stereocenters. The number of hydrogen-bond donors (Lipinski definition) is 1. The second kappa shape index (κ2) is 6.81. The highest BCUT2D eigenvalue weighted by Gasteiger charge is 2.29. The number of nitrogens with zero attached hydrogens (tertiary/aromatic N) is 2. The molecule has 0 radical (unpaired) electrons. The number of hydrogen-bond acceptors (Lipinski definition) is 5. The first-order chi connectivity index (χ1) is 9.60. The van der Waals surface area contributed by atoms with Crippen LogP contribution in [0.3, 0.4) is 0 Å². The minimum Gasteiger partial charge on any atom is -0.481 e. The van der Waals surface area contributed by atoms with E-state index in [0.29, 0.717) is 13.2 Å². The van der Waals surface area contributed by atoms with Gasteiger partial charge in [0.25, 0.3) is 0 Å². The maximum atomic E-state index is 12.3. The molecule has 2 heterocycles. The van der Waals surface area contributed by atoms with E-state index in [1.807, 2.05) is 12.3 Å². The van der Waals surface area contributed by atoms with Crippen molar-refractivity contribution in [2.24, 2.45) is 0 Å². The minimum absolute atomic E-state index is 0.0764. The summed E-state index contributed by atoms with van der Waals surface area (Å²) in [5.74, 6) is -0.993. The Morgan fingerprint density at radius 2 is 2.40 bits per heavy atom. The number of carboxylic acid groups (broad SMARTS) is 1. The van der Waals surface area contributed by atoms with E-state index in [2.05, 4.69) is 4.98 Å². The van der Waals surface area contributed by atoms with Crippen LogP contribution >= 0.6 is 11.3 Å². The van der Waals surface area contributed by atoms with Gasteiger partial charge in [-0.2, -0.15) is 0 Å². The van der Waals surface area contributed by atoms with Gasteiger partial charge in [-0.1, -0.05) is 6.92 Å². The van der Waals surface area contributed by atoms with Crippen molar-refractivity contribution in [3.05, 3.63) is 16.1 Å². The van der Waals surface area contributed by atoms with Gasteiger partial charge in [0.15, 0.2) is 0 Å². The Hall–Kier alpha value is -1.47. The molecule has 1 N–H and O–H groups in total. The summed E-state index contributed by atoms with van der Waals surface area (Å²) in [6.07, 6.45) is 1.01. The van der Waals surface area contributed by atoms with Gasteiger partial charge in [0.2, 0.25) is 5.91 Å². The molecule has 1 fully saturated rings. The number of rotatable bonds is 5. The summed E-state index contributed by atoms with van der Waals surface area (Å²) in [6, 6.07) is -0.377. The third-order valence-corrected chi connectivity index (χ3v) is 4.23. The zero-order valence-electron chi connectivity index (χ0n) is 11.4. The van der Waals surface area contributed by atoms with Crippen molar-refractivity contribution in [1.29, 1.82) is 0 Å². The molecular formula is C13H18N2O4S. The summed E-state index contributed by atoms with van der Waals surface area (Å²) in [4.78, 5) is 29.1. The van der Waals surface area contributed by atoms with Crippen molar-refractivity contribution in [3.8, 4) is 0 Å². The lowest BCUT2D eigenvalue weighted by Crippen LogP contribution is -2.50. The Morgan fingerprint density at radius 3 is 3.05 bits per heavy atom. The molecular weight excluding hydrogens is 280 g/mol. The van der Waals surface area contributed by atoms with Gasteiger partial charge < -0.3 is 14.7 Å². The Morgan fingerprint density at radius 1 is 1.60 bits per heavy atom. The van der Waals surface area contributed by atoms with Crippen LogP contribution in [0.2, 0.25) is 0 Å². The summed E-state index contributed by atoms with van der Waals surface area (Å²) in [5, 5.41) is 11.8. The summed E-state index contributed by atoms with van der Waals surface area (Å²) >= 11 is 1.55. The lowest BCUT2D eigenvalue weighted by molar-refractivity contribution is -0.145. The van der Waals surface area contributed by atoms with E-state index in [1.165, 1.54) is 0 Å². The average Bonchev–Trinajstić information content (AvgIpc) is 2.86. The highest BCUT2D eigenvalue weighted by molar-refractivity contribution is 7.09. The SMILES string of the molecule is CCc1nc(CC(=O)N2CCOCC2CC(=O)O)cs1. The number of carboxylic acids is 1. The minimum atomic E-state index is -0.916. The van der Waals surface area contributed by atoms with Crippen LogP contribution in [0, 0.1) is 0 Å². The van der Waals surface area contributed by atoms with E-state index in [4.69, 9.17) is 9.84 Å². The van der Waals surface area contributed by atoms with Crippen molar-refractivity contribution >= 4 is 23.2 Å². The van der Waals surface area contributed by atoms with Gasteiger partial charge in [-0.25, -0.2) is 4.98 Å². The molecule has 1 aromatic heterocycles. The molecule has 1 aliphatic rings. The van der Waals surface area contributed by atoms with Gasteiger partial charge in [-0.3, -0.25) is 9.59 Å². The number of morpholine rings is 1. The first-order valence-electron chi connectivity index (χ1n) is 6.62. The quantitative estimate of drug-likeness (QED) is 0.875. The number of aliphatic carboxylic acids is 1. The third kappa shape index (κ3) is 3.77. The summed E-state index contributed by atoms with van der Waals surface area (Å²) < 4.78 is 5.26. The fourth-order valence-corrected chi connectivity index (χ4v) is 2.95. The number of carbonyl (C=O) groups excluding carboxylic acids is 1. The number of aromatic nitrogens is 1. The van der Waals surface area contributed by atoms with E-state index in [1.54, 1.807) is 16.2 Å². The summed E-state index contributed by atoms with van der Waals surface area (Å²) in [7, 11) is 0. The number of thiazole rings is 1. The fraction of sp³-hybridized carbons (Fsp3) is 0.615. The van der Waals surface area contributed by atoms with Gasteiger partial charge in [-0.05, 0) is 6.42 Å². The van der Waals surface area contributed by atoms with Crippen molar-refractivity contribution in [3.63, 3.8) is 0 Å². The Labute approximate surface area is 121 Å². The topological polar surface area (TPSA) is 79.7 Å². The standard InChI is InChI=1S/C13H18N2O4S/c1-2-11-14-9(8-20-11)5-12(16)15-3-4-19-7-10(15)6-13(17)18/h8,10H,2-7H2,1H3,(H,17,18). The van der Waals surface area contributed by atoms with Gasteiger partial charge in [0, 0.05) is 11.9 Å². The van der Waals surface area contributed by atoms with Crippen molar-refractivity contribution in [1.82, 2.24) is 9.88 Å². The van der Waals surface area contributed by atoms with E-state index in [-0.39, 0.29) is 31.4 Å². The Balaban J connectivity index is 1.99. The highest BCUT2D eigenvalue weighted by atomic mass is 32.1. The zero-order valence-corrected chi connectivity index (χ0v) is 12.2. The van der Waals surface area contributed by atoms with Crippen LogP contribution in [0.25, 0.3) is 0 Å². The average molecular weight is 298 g/mol. The van der Waals surface area contributed by atoms with Gasteiger partial charge >= 0.3 is 5.97 Å².